The monoisotopic (exact) mass is 404 g/mol. The SMILES string of the molecule is CC(C)Nc1ccc(-c2ccnc(Nc3ccc(N4CCOCC4)cc3)n2)cc1N. The molecule has 156 valence electrons. The van der Waals surface area contributed by atoms with Crippen molar-refractivity contribution in [1.29, 1.82) is 0 Å². The van der Waals surface area contributed by atoms with Crippen molar-refractivity contribution >= 4 is 28.7 Å². The van der Waals surface area contributed by atoms with E-state index in [9.17, 15) is 0 Å². The van der Waals surface area contributed by atoms with Gasteiger partial charge in [-0.2, -0.15) is 0 Å². The molecule has 0 spiro atoms. The van der Waals surface area contributed by atoms with Crippen LogP contribution in [0, 0.1) is 0 Å². The van der Waals surface area contributed by atoms with Gasteiger partial charge >= 0.3 is 0 Å². The second-order valence-corrected chi connectivity index (χ2v) is 7.64. The maximum atomic E-state index is 6.21. The normalized spacial score (nSPS) is 14.0. The quantitative estimate of drug-likeness (QED) is 0.533. The van der Waals surface area contributed by atoms with Crippen molar-refractivity contribution in [3.05, 3.63) is 54.7 Å². The Balaban J connectivity index is 1.47. The van der Waals surface area contributed by atoms with Crippen LogP contribution in [0.2, 0.25) is 0 Å². The maximum absolute atomic E-state index is 6.21. The molecule has 0 amide bonds. The van der Waals surface area contributed by atoms with E-state index in [1.807, 2.05) is 36.4 Å². The molecular formula is C23H28N6O. The summed E-state index contributed by atoms with van der Waals surface area (Å²) in [7, 11) is 0. The average Bonchev–Trinajstić information content (AvgIpc) is 2.76. The molecule has 1 fully saturated rings. The van der Waals surface area contributed by atoms with Crippen molar-refractivity contribution in [2.75, 3.05) is 47.6 Å². The van der Waals surface area contributed by atoms with Crippen LogP contribution in [-0.2, 0) is 4.74 Å². The summed E-state index contributed by atoms with van der Waals surface area (Å²) >= 11 is 0. The fourth-order valence-corrected chi connectivity index (χ4v) is 3.45. The van der Waals surface area contributed by atoms with Crippen LogP contribution in [-0.4, -0.2) is 42.3 Å². The third-order valence-corrected chi connectivity index (χ3v) is 4.95. The molecule has 0 saturated carbocycles. The van der Waals surface area contributed by atoms with Crippen LogP contribution in [0.15, 0.2) is 54.7 Å². The summed E-state index contributed by atoms with van der Waals surface area (Å²) in [5.41, 5.74) is 11.8. The molecule has 7 heteroatoms. The standard InChI is InChI=1S/C23H28N6O/c1-16(2)26-22-8-3-17(15-20(22)24)21-9-10-25-23(28-21)27-18-4-6-19(7-5-18)29-11-13-30-14-12-29/h3-10,15-16,26H,11-14,24H2,1-2H3,(H,25,27,28). The van der Waals surface area contributed by atoms with Crippen molar-refractivity contribution in [1.82, 2.24) is 9.97 Å². The van der Waals surface area contributed by atoms with Gasteiger partial charge in [0.25, 0.3) is 0 Å². The van der Waals surface area contributed by atoms with E-state index in [0.717, 1.165) is 48.9 Å². The van der Waals surface area contributed by atoms with Gasteiger partial charge in [-0.15, -0.1) is 0 Å². The molecule has 4 rings (SSSR count). The average molecular weight is 405 g/mol. The third-order valence-electron chi connectivity index (χ3n) is 4.95. The van der Waals surface area contributed by atoms with Gasteiger partial charge in [0.1, 0.15) is 0 Å². The van der Waals surface area contributed by atoms with E-state index in [0.29, 0.717) is 17.7 Å². The molecule has 1 aliphatic rings. The molecule has 2 heterocycles. The number of nitrogens with two attached hydrogens (primary N) is 1. The summed E-state index contributed by atoms with van der Waals surface area (Å²) in [4.78, 5) is 11.3. The summed E-state index contributed by atoms with van der Waals surface area (Å²) in [5, 5.41) is 6.63. The second-order valence-electron chi connectivity index (χ2n) is 7.64. The van der Waals surface area contributed by atoms with Crippen LogP contribution < -0.4 is 21.3 Å². The highest BCUT2D eigenvalue weighted by atomic mass is 16.5. The van der Waals surface area contributed by atoms with E-state index in [1.54, 1.807) is 6.20 Å². The summed E-state index contributed by atoms with van der Waals surface area (Å²) in [6, 6.07) is 16.5. The number of benzene rings is 2. The smallest absolute Gasteiger partial charge is 0.227 e. The van der Waals surface area contributed by atoms with Crippen molar-refractivity contribution in [2.24, 2.45) is 0 Å². The number of morpholine rings is 1. The van der Waals surface area contributed by atoms with Crippen LogP contribution in [0.3, 0.4) is 0 Å². The number of rotatable bonds is 6. The number of hydrogen-bond donors (Lipinski definition) is 3. The minimum absolute atomic E-state index is 0.322. The number of nitrogens with zero attached hydrogens (tertiary/aromatic N) is 3. The van der Waals surface area contributed by atoms with Crippen molar-refractivity contribution in [3.63, 3.8) is 0 Å². The molecule has 1 aliphatic heterocycles. The Morgan fingerprint density at radius 2 is 1.80 bits per heavy atom. The fourth-order valence-electron chi connectivity index (χ4n) is 3.45. The first-order valence-electron chi connectivity index (χ1n) is 10.3. The van der Waals surface area contributed by atoms with E-state index >= 15 is 0 Å². The minimum Gasteiger partial charge on any atom is -0.397 e. The Labute approximate surface area is 177 Å². The molecule has 1 aromatic heterocycles. The molecule has 0 bridgehead atoms. The summed E-state index contributed by atoms with van der Waals surface area (Å²) < 4.78 is 5.42. The van der Waals surface area contributed by atoms with Gasteiger partial charge in [-0.25, -0.2) is 9.97 Å². The molecule has 1 saturated heterocycles. The zero-order chi connectivity index (χ0) is 20.9. The molecule has 0 aliphatic carbocycles. The third kappa shape index (κ3) is 4.80. The number of aromatic nitrogens is 2. The van der Waals surface area contributed by atoms with Crippen LogP contribution >= 0.6 is 0 Å². The number of ether oxygens (including phenoxy) is 1. The first-order chi connectivity index (χ1) is 14.6. The fraction of sp³-hybridized carbons (Fsp3) is 0.304. The Kier molecular flexibility index (Phi) is 5.99. The van der Waals surface area contributed by atoms with E-state index in [-0.39, 0.29) is 0 Å². The molecule has 4 N–H and O–H groups in total. The Bertz CT molecular complexity index is 983. The van der Waals surface area contributed by atoms with Gasteiger partial charge < -0.3 is 26.0 Å². The zero-order valence-electron chi connectivity index (χ0n) is 17.4. The molecule has 30 heavy (non-hydrogen) atoms. The summed E-state index contributed by atoms with van der Waals surface area (Å²) in [5.74, 6) is 0.551. The summed E-state index contributed by atoms with van der Waals surface area (Å²) in [6.07, 6.45) is 1.75. The largest absolute Gasteiger partial charge is 0.397 e. The predicted molar refractivity (Wildman–Crippen MR) is 123 cm³/mol. The van der Waals surface area contributed by atoms with Gasteiger partial charge in [0.05, 0.1) is 30.3 Å². The Morgan fingerprint density at radius 1 is 1.03 bits per heavy atom. The molecule has 0 radical (unpaired) electrons. The number of nitrogens with one attached hydrogen (secondary N) is 2. The van der Waals surface area contributed by atoms with E-state index in [1.165, 1.54) is 5.69 Å². The van der Waals surface area contributed by atoms with Crippen LogP contribution in [0.5, 0.6) is 0 Å². The molecule has 7 nitrogen and oxygen atoms in total. The van der Waals surface area contributed by atoms with Gasteiger partial charge in [-0.05, 0) is 56.3 Å². The zero-order valence-corrected chi connectivity index (χ0v) is 17.4. The van der Waals surface area contributed by atoms with Gasteiger partial charge in [0.2, 0.25) is 5.95 Å². The first-order valence-corrected chi connectivity index (χ1v) is 10.3. The molecule has 3 aromatic rings. The molecule has 0 unspecified atom stereocenters. The maximum Gasteiger partial charge on any atom is 0.227 e. The molecular weight excluding hydrogens is 376 g/mol. The van der Waals surface area contributed by atoms with Crippen LogP contribution in [0.25, 0.3) is 11.3 Å². The lowest BCUT2D eigenvalue weighted by Crippen LogP contribution is -2.36. The lowest BCUT2D eigenvalue weighted by molar-refractivity contribution is 0.122. The first kappa shape index (κ1) is 20.0. The Morgan fingerprint density at radius 3 is 2.50 bits per heavy atom. The lowest BCUT2D eigenvalue weighted by atomic mass is 10.1. The van der Waals surface area contributed by atoms with E-state index < -0.39 is 0 Å². The van der Waals surface area contributed by atoms with Crippen molar-refractivity contribution in [3.8, 4) is 11.3 Å². The molecule has 0 atom stereocenters. The van der Waals surface area contributed by atoms with E-state index in [4.69, 9.17) is 10.5 Å². The number of anilines is 5. The summed E-state index contributed by atoms with van der Waals surface area (Å²) in [6.45, 7) is 7.57. The topological polar surface area (TPSA) is 88.3 Å². The van der Waals surface area contributed by atoms with Crippen molar-refractivity contribution < 1.29 is 4.74 Å². The van der Waals surface area contributed by atoms with Gasteiger partial charge in [0, 0.05) is 42.3 Å². The van der Waals surface area contributed by atoms with Crippen LogP contribution in [0.4, 0.5) is 28.7 Å². The van der Waals surface area contributed by atoms with Gasteiger partial charge in [-0.3, -0.25) is 0 Å². The van der Waals surface area contributed by atoms with Crippen LogP contribution in [0.1, 0.15) is 13.8 Å². The minimum atomic E-state index is 0.322. The number of hydrogen-bond acceptors (Lipinski definition) is 7. The predicted octanol–water partition coefficient (Wildman–Crippen LogP) is 4.13. The number of nitrogen functional groups attached to an aromatic ring is 1. The molecule has 2 aromatic carbocycles. The van der Waals surface area contributed by atoms with Gasteiger partial charge in [0.15, 0.2) is 0 Å². The second kappa shape index (κ2) is 9.00. The highest BCUT2D eigenvalue weighted by Gasteiger charge is 2.11. The lowest BCUT2D eigenvalue weighted by Gasteiger charge is -2.28. The highest BCUT2D eigenvalue weighted by Crippen LogP contribution is 2.27. The van der Waals surface area contributed by atoms with E-state index in [2.05, 4.69) is 51.5 Å². The van der Waals surface area contributed by atoms with Crippen molar-refractivity contribution in [2.45, 2.75) is 19.9 Å². The van der Waals surface area contributed by atoms with Gasteiger partial charge in [-0.1, -0.05) is 6.07 Å². The Hall–Kier alpha value is -3.32. The highest BCUT2D eigenvalue weighted by molar-refractivity contribution is 5.75.